The molecule has 0 aromatic heterocycles. The molecule has 0 radical (unpaired) electrons. The van der Waals surface area contributed by atoms with Gasteiger partial charge in [-0.05, 0) is 35.3 Å². The Labute approximate surface area is 149 Å². The van der Waals surface area contributed by atoms with E-state index in [2.05, 4.69) is 96.1 Å². The minimum absolute atomic E-state index is 0.137. The van der Waals surface area contributed by atoms with E-state index < -0.39 is 0 Å². The lowest BCUT2D eigenvalue weighted by atomic mass is 9.94. The molecule has 25 heavy (non-hydrogen) atoms. The molecule has 3 aromatic carbocycles. The Balaban J connectivity index is 1.72. The maximum atomic E-state index is 6.16. The Morgan fingerprint density at radius 3 is 2.00 bits per heavy atom. The lowest BCUT2D eigenvalue weighted by molar-refractivity contribution is 0.114. The van der Waals surface area contributed by atoms with Crippen molar-refractivity contribution < 1.29 is 4.84 Å². The topological polar surface area (TPSA) is 12.5 Å². The molecule has 1 aliphatic heterocycles. The number of rotatable bonds is 3. The fraction of sp³-hybridized carbons (Fsp3) is 0.130. The van der Waals surface area contributed by atoms with Crippen molar-refractivity contribution in [3.05, 3.63) is 108 Å². The average molecular weight is 327 g/mol. The largest absolute Gasteiger partial charge is 0.269 e. The van der Waals surface area contributed by atoms with Gasteiger partial charge in [0.15, 0.2) is 0 Å². The third-order valence-electron chi connectivity index (χ3n) is 4.58. The number of nitrogens with zero attached hydrogens (tertiary/aromatic N) is 1. The molecule has 124 valence electrons. The highest BCUT2D eigenvalue weighted by Gasteiger charge is 2.25. The molecular formula is C23H21NO. The van der Waals surface area contributed by atoms with Crippen molar-refractivity contribution in [1.82, 2.24) is 0 Å². The van der Waals surface area contributed by atoms with Crippen LogP contribution in [0.4, 0.5) is 5.69 Å². The smallest absolute Gasteiger partial charge is 0.0936 e. The van der Waals surface area contributed by atoms with Gasteiger partial charge in [-0.1, -0.05) is 84.9 Å². The summed E-state index contributed by atoms with van der Waals surface area (Å²) in [5.41, 5.74) is 4.93. The minimum Gasteiger partial charge on any atom is -0.269 e. The monoisotopic (exact) mass is 327 g/mol. The highest BCUT2D eigenvalue weighted by Crippen LogP contribution is 2.37. The van der Waals surface area contributed by atoms with E-state index in [4.69, 9.17) is 4.84 Å². The van der Waals surface area contributed by atoms with E-state index in [1.54, 1.807) is 0 Å². The SMILES string of the molecule is C1=C(c2ccccc2)C[C@@H](c2ccccc2)N(c2ccccc2)OC1. The van der Waals surface area contributed by atoms with Gasteiger partial charge in [0.1, 0.15) is 0 Å². The van der Waals surface area contributed by atoms with E-state index in [1.165, 1.54) is 16.7 Å². The summed E-state index contributed by atoms with van der Waals surface area (Å²) < 4.78 is 0. The Morgan fingerprint density at radius 2 is 1.32 bits per heavy atom. The van der Waals surface area contributed by atoms with Gasteiger partial charge in [0.25, 0.3) is 0 Å². The second kappa shape index (κ2) is 7.37. The van der Waals surface area contributed by atoms with Crippen LogP contribution in [0.3, 0.4) is 0 Å². The van der Waals surface area contributed by atoms with Crippen molar-refractivity contribution in [3.8, 4) is 0 Å². The zero-order valence-corrected chi connectivity index (χ0v) is 14.1. The van der Waals surface area contributed by atoms with Gasteiger partial charge in [-0.15, -0.1) is 0 Å². The minimum atomic E-state index is 0.137. The first-order valence-corrected chi connectivity index (χ1v) is 8.68. The van der Waals surface area contributed by atoms with E-state index >= 15 is 0 Å². The predicted molar refractivity (Wildman–Crippen MR) is 103 cm³/mol. The summed E-state index contributed by atoms with van der Waals surface area (Å²) in [6, 6.07) is 31.7. The molecule has 2 heteroatoms. The van der Waals surface area contributed by atoms with Gasteiger partial charge in [0.05, 0.1) is 18.3 Å². The summed E-state index contributed by atoms with van der Waals surface area (Å²) in [5, 5.41) is 2.06. The van der Waals surface area contributed by atoms with Crippen LogP contribution in [0.5, 0.6) is 0 Å². The van der Waals surface area contributed by atoms with Crippen LogP contribution in [0, 0.1) is 0 Å². The van der Waals surface area contributed by atoms with Crippen molar-refractivity contribution in [2.24, 2.45) is 0 Å². The van der Waals surface area contributed by atoms with Crippen LogP contribution in [-0.2, 0) is 4.84 Å². The summed E-state index contributed by atoms with van der Waals surface area (Å²) in [7, 11) is 0. The summed E-state index contributed by atoms with van der Waals surface area (Å²) >= 11 is 0. The van der Waals surface area contributed by atoms with E-state index in [9.17, 15) is 0 Å². The zero-order chi connectivity index (χ0) is 16.9. The molecular weight excluding hydrogens is 306 g/mol. The first kappa shape index (κ1) is 15.7. The molecule has 2 nitrogen and oxygen atoms in total. The van der Waals surface area contributed by atoms with E-state index in [0.29, 0.717) is 6.61 Å². The summed E-state index contributed by atoms with van der Waals surface area (Å²) in [6.45, 7) is 0.572. The Morgan fingerprint density at radius 1 is 0.720 bits per heavy atom. The first-order valence-electron chi connectivity index (χ1n) is 8.68. The van der Waals surface area contributed by atoms with Gasteiger partial charge in [-0.25, -0.2) is 5.06 Å². The van der Waals surface area contributed by atoms with Crippen molar-refractivity contribution in [1.29, 1.82) is 0 Å². The highest BCUT2D eigenvalue weighted by atomic mass is 16.7. The van der Waals surface area contributed by atoms with Crippen molar-refractivity contribution >= 4 is 11.3 Å². The fourth-order valence-electron chi connectivity index (χ4n) is 3.33. The van der Waals surface area contributed by atoms with E-state index in [-0.39, 0.29) is 6.04 Å². The quantitative estimate of drug-likeness (QED) is 0.616. The maximum Gasteiger partial charge on any atom is 0.0936 e. The maximum absolute atomic E-state index is 6.16. The Bertz CT molecular complexity index is 828. The molecule has 0 unspecified atom stereocenters. The molecule has 1 atom stereocenters. The van der Waals surface area contributed by atoms with Gasteiger partial charge in [0.2, 0.25) is 0 Å². The van der Waals surface area contributed by atoms with Gasteiger partial charge in [0, 0.05) is 0 Å². The number of hydroxylamine groups is 1. The number of benzene rings is 3. The second-order valence-corrected chi connectivity index (χ2v) is 6.18. The molecule has 0 N–H and O–H groups in total. The number of hydrogen-bond donors (Lipinski definition) is 0. The lowest BCUT2D eigenvalue weighted by Gasteiger charge is -2.31. The van der Waals surface area contributed by atoms with Crippen LogP contribution in [-0.4, -0.2) is 6.61 Å². The number of anilines is 1. The second-order valence-electron chi connectivity index (χ2n) is 6.18. The molecule has 0 aliphatic carbocycles. The summed E-state index contributed by atoms with van der Waals surface area (Å²) in [4.78, 5) is 6.16. The molecule has 0 spiro atoms. The summed E-state index contributed by atoms with van der Waals surface area (Å²) in [5.74, 6) is 0. The van der Waals surface area contributed by atoms with Crippen LogP contribution >= 0.6 is 0 Å². The van der Waals surface area contributed by atoms with E-state index in [0.717, 1.165) is 12.1 Å². The normalized spacial score (nSPS) is 17.7. The average Bonchev–Trinajstić information content (AvgIpc) is 2.93. The van der Waals surface area contributed by atoms with Gasteiger partial charge >= 0.3 is 0 Å². The molecule has 0 saturated carbocycles. The Hall–Kier alpha value is -2.84. The van der Waals surface area contributed by atoms with Crippen LogP contribution in [0.1, 0.15) is 23.6 Å². The standard InChI is InChI=1S/C23H21NO/c1-4-10-19(11-5-1)21-16-17-25-24(22-14-8-3-9-15-22)23(18-21)20-12-6-2-7-13-20/h1-16,23H,17-18H2/t23-/m0/s1. The predicted octanol–water partition coefficient (Wildman–Crippen LogP) is 5.65. The van der Waals surface area contributed by atoms with Crippen molar-refractivity contribution in [2.45, 2.75) is 12.5 Å². The fourth-order valence-corrected chi connectivity index (χ4v) is 3.33. The third-order valence-corrected chi connectivity index (χ3v) is 4.58. The Kier molecular flexibility index (Phi) is 4.62. The van der Waals surface area contributed by atoms with Crippen LogP contribution in [0.15, 0.2) is 97.1 Å². The molecule has 1 heterocycles. The first-order chi connectivity index (χ1) is 12.4. The summed E-state index contributed by atoms with van der Waals surface area (Å²) in [6.07, 6.45) is 3.11. The zero-order valence-electron chi connectivity index (χ0n) is 14.1. The molecule has 0 bridgehead atoms. The van der Waals surface area contributed by atoms with Crippen LogP contribution in [0.25, 0.3) is 5.57 Å². The van der Waals surface area contributed by atoms with Crippen molar-refractivity contribution in [2.75, 3.05) is 11.7 Å². The van der Waals surface area contributed by atoms with Gasteiger partial charge in [-0.2, -0.15) is 0 Å². The third kappa shape index (κ3) is 3.49. The molecule has 0 fully saturated rings. The van der Waals surface area contributed by atoms with Crippen LogP contribution in [0.2, 0.25) is 0 Å². The van der Waals surface area contributed by atoms with E-state index in [1.807, 2.05) is 6.07 Å². The van der Waals surface area contributed by atoms with Gasteiger partial charge in [-0.3, -0.25) is 4.84 Å². The lowest BCUT2D eigenvalue weighted by Crippen LogP contribution is -2.28. The number of hydrogen-bond acceptors (Lipinski definition) is 2. The molecule has 0 amide bonds. The van der Waals surface area contributed by atoms with Gasteiger partial charge < -0.3 is 0 Å². The highest BCUT2D eigenvalue weighted by molar-refractivity contribution is 5.67. The molecule has 3 aromatic rings. The number of para-hydroxylation sites is 1. The molecule has 4 rings (SSSR count). The molecule has 1 aliphatic rings. The van der Waals surface area contributed by atoms with Crippen LogP contribution < -0.4 is 5.06 Å². The van der Waals surface area contributed by atoms with Crippen molar-refractivity contribution in [3.63, 3.8) is 0 Å². The molecule has 0 saturated heterocycles.